The highest BCUT2D eigenvalue weighted by Gasteiger charge is 2.04. The first kappa shape index (κ1) is 6.86. The summed E-state index contributed by atoms with van der Waals surface area (Å²) in [6, 6.07) is 0. The van der Waals surface area contributed by atoms with E-state index in [1.54, 1.807) is 11.2 Å². The van der Waals surface area contributed by atoms with Crippen LogP contribution in [0.3, 0.4) is 0 Å². The Morgan fingerprint density at radius 1 is 1.80 bits per heavy atom. The molecule has 1 rings (SSSR count). The van der Waals surface area contributed by atoms with E-state index in [1.807, 2.05) is 20.0 Å². The van der Waals surface area contributed by atoms with Crippen LogP contribution in [0, 0.1) is 0 Å². The molecule has 0 aliphatic carbocycles. The van der Waals surface area contributed by atoms with E-state index in [9.17, 15) is 0 Å². The first-order chi connectivity index (χ1) is 4.74. The molecule has 3 heteroatoms. The molecule has 54 valence electrons. The second-order valence-corrected chi connectivity index (χ2v) is 2.08. The summed E-state index contributed by atoms with van der Waals surface area (Å²) in [5.41, 5.74) is 0.989. The maximum Gasteiger partial charge on any atom is 0.119 e. The Hall–Kier alpha value is -1.25. The van der Waals surface area contributed by atoms with E-state index >= 15 is 0 Å². The van der Waals surface area contributed by atoms with Gasteiger partial charge in [0.05, 0.1) is 11.9 Å². The Labute approximate surface area is 60.7 Å². The summed E-state index contributed by atoms with van der Waals surface area (Å²) in [5.74, 6) is 0.801. The lowest BCUT2D eigenvalue weighted by molar-refractivity contribution is 0.414. The molecule has 3 nitrogen and oxygen atoms in total. The van der Waals surface area contributed by atoms with E-state index < -0.39 is 0 Å². The largest absolute Gasteiger partial charge is 0.340 e. The van der Waals surface area contributed by atoms with Crippen molar-refractivity contribution < 1.29 is 0 Å². The zero-order valence-electron chi connectivity index (χ0n) is 6.26. The standard InChI is InChI=1S/C7H11N3/c1-4-7-5-8-10(3)6(2)9-7/h4-5,9H,2H2,1,3H3/b7-4+. The lowest BCUT2D eigenvalue weighted by Gasteiger charge is -2.22. The van der Waals surface area contributed by atoms with Gasteiger partial charge >= 0.3 is 0 Å². The molecule has 0 fully saturated rings. The molecular formula is C7H11N3. The van der Waals surface area contributed by atoms with Crippen LogP contribution >= 0.6 is 0 Å². The summed E-state index contributed by atoms with van der Waals surface area (Å²) in [4.78, 5) is 0. The van der Waals surface area contributed by atoms with Gasteiger partial charge in [-0.1, -0.05) is 12.7 Å². The highest BCUT2D eigenvalue weighted by Crippen LogP contribution is 2.03. The molecule has 0 aromatic heterocycles. The number of nitrogens with zero attached hydrogens (tertiary/aromatic N) is 2. The van der Waals surface area contributed by atoms with Crippen molar-refractivity contribution in [2.75, 3.05) is 7.05 Å². The lowest BCUT2D eigenvalue weighted by atomic mass is 10.4. The summed E-state index contributed by atoms with van der Waals surface area (Å²) in [7, 11) is 1.85. The number of hydrogen-bond donors (Lipinski definition) is 1. The monoisotopic (exact) mass is 137 g/mol. The van der Waals surface area contributed by atoms with Crippen LogP contribution in [0.25, 0.3) is 0 Å². The van der Waals surface area contributed by atoms with Crippen LogP contribution in [0.2, 0.25) is 0 Å². The van der Waals surface area contributed by atoms with Crippen molar-refractivity contribution in [3.05, 3.63) is 24.2 Å². The van der Waals surface area contributed by atoms with Crippen LogP contribution < -0.4 is 5.32 Å². The summed E-state index contributed by atoms with van der Waals surface area (Å²) < 4.78 is 0. The van der Waals surface area contributed by atoms with Crippen molar-refractivity contribution >= 4 is 6.21 Å². The van der Waals surface area contributed by atoms with Crippen molar-refractivity contribution in [1.82, 2.24) is 10.3 Å². The highest BCUT2D eigenvalue weighted by molar-refractivity contribution is 5.78. The van der Waals surface area contributed by atoms with Crippen molar-refractivity contribution in [2.45, 2.75) is 6.92 Å². The fourth-order valence-electron chi connectivity index (χ4n) is 0.645. The summed E-state index contributed by atoms with van der Waals surface area (Å²) >= 11 is 0. The smallest absolute Gasteiger partial charge is 0.119 e. The van der Waals surface area contributed by atoms with E-state index in [-0.39, 0.29) is 0 Å². The molecule has 1 heterocycles. The Kier molecular flexibility index (Phi) is 1.76. The third kappa shape index (κ3) is 1.18. The Morgan fingerprint density at radius 2 is 2.50 bits per heavy atom. The van der Waals surface area contributed by atoms with Gasteiger partial charge in [-0.2, -0.15) is 5.10 Å². The maximum atomic E-state index is 4.04. The lowest BCUT2D eigenvalue weighted by Crippen LogP contribution is -2.28. The van der Waals surface area contributed by atoms with Crippen LogP contribution in [-0.2, 0) is 0 Å². The molecule has 0 atom stereocenters. The van der Waals surface area contributed by atoms with Gasteiger partial charge in [-0.3, -0.25) is 5.01 Å². The molecule has 1 aliphatic heterocycles. The van der Waals surface area contributed by atoms with Gasteiger partial charge in [0.2, 0.25) is 0 Å². The quantitative estimate of drug-likeness (QED) is 0.536. The molecule has 0 saturated heterocycles. The van der Waals surface area contributed by atoms with Crippen LogP contribution in [0.1, 0.15) is 6.92 Å². The van der Waals surface area contributed by atoms with Crippen LogP contribution in [0.5, 0.6) is 0 Å². The average molecular weight is 137 g/mol. The maximum absolute atomic E-state index is 4.04. The summed E-state index contributed by atoms with van der Waals surface area (Å²) in [6.07, 6.45) is 3.70. The average Bonchev–Trinajstić information content (AvgIpc) is 1.95. The molecule has 0 aromatic carbocycles. The second kappa shape index (κ2) is 2.56. The van der Waals surface area contributed by atoms with E-state index in [0.717, 1.165) is 11.5 Å². The third-order valence-corrected chi connectivity index (χ3v) is 1.36. The molecular weight excluding hydrogens is 126 g/mol. The molecule has 1 aliphatic rings. The molecule has 10 heavy (non-hydrogen) atoms. The zero-order chi connectivity index (χ0) is 7.56. The Balaban J connectivity index is 2.78. The first-order valence-electron chi connectivity index (χ1n) is 3.14. The number of nitrogens with one attached hydrogen (secondary N) is 1. The molecule has 0 saturated carbocycles. The normalized spacial score (nSPS) is 21.6. The van der Waals surface area contributed by atoms with Gasteiger partial charge in [-0.05, 0) is 6.92 Å². The molecule has 0 unspecified atom stereocenters. The van der Waals surface area contributed by atoms with Gasteiger partial charge in [0, 0.05) is 7.05 Å². The number of rotatable bonds is 0. The predicted molar refractivity (Wildman–Crippen MR) is 42.3 cm³/mol. The molecule has 0 spiro atoms. The van der Waals surface area contributed by atoms with Gasteiger partial charge in [-0.15, -0.1) is 0 Å². The van der Waals surface area contributed by atoms with Crippen molar-refractivity contribution in [3.8, 4) is 0 Å². The SMILES string of the molecule is C=C1N/C(=C/C)C=NN1C. The van der Waals surface area contributed by atoms with E-state index in [2.05, 4.69) is 17.0 Å². The zero-order valence-corrected chi connectivity index (χ0v) is 6.26. The van der Waals surface area contributed by atoms with Crippen molar-refractivity contribution in [1.29, 1.82) is 0 Å². The van der Waals surface area contributed by atoms with Crippen LogP contribution in [0.4, 0.5) is 0 Å². The molecule has 0 amide bonds. The minimum Gasteiger partial charge on any atom is -0.340 e. The first-order valence-corrected chi connectivity index (χ1v) is 3.14. The van der Waals surface area contributed by atoms with Crippen LogP contribution in [0.15, 0.2) is 29.3 Å². The van der Waals surface area contributed by atoms with Crippen molar-refractivity contribution in [3.63, 3.8) is 0 Å². The van der Waals surface area contributed by atoms with Gasteiger partial charge in [-0.25, -0.2) is 0 Å². The summed E-state index contributed by atoms with van der Waals surface area (Å²) in [5, 5.41) is 8.79. The molecule has 0 aromatic rings. The van der Waals surface area contributed by atoms with Gasteiger partial charge in [0.15, 0.2) is 0 Å². The van der Waals surface area contributed by atoms with Crippen molar-refractivity contribution in [2.24, 2.45) is 5.10 Å². The fourth-order valence-corrected chi connectivity index (χ4v) is 0.645. The van der Waals surface area contributed by atoms with E-state index in [4.69, 9.17) is 0 Å². The Morgan fingerprint density at radius 3 is 3.00 bits per heavy atom. The molecule has 1 N–H and O–H groups in total. The summed E-state index contributed by atoms with van der Waals surface area (Å²) in [6.45, 7) is 5.70. The number of hydrazone groups is 1. The van der Waals surface area contributed by atoms with E-state index in [1.165, 1.54) is 0 Å². The number of hydrogen-bond acceptors (Lipinski definition) is 3. The Bertz CT molecular complexity index is 203. The van der Waals surface area contributed by atoms with Gasteiger partial charge in [0.25, 0.3) is 0 Å². The minimum absolute atomic E-state index is 0.801. The number of allylic oxidation sites excluding steroid dienone is 2. The second-order valence-electron chi connectivity index (χ2n) is 2.08. The third-order valence-electron chi connectivity index (χ3n) is 1.36. The molecule has 0 bridgehead atoms. The van der Waals surface area contributed by atoms with Gasteiger partial charge in [0.1, 0.15) is 5.82 Å². The van der Waals surface area contributed by atoms with Crippen LogP contribution in [-0.4, -0.2) is 18.3 Å². The fraction of sp³-hybridized carbons (Fsp3) is 0.286. The topological polar surface area (TPSA) is 27.6 Å². The van der Waals surface area contributed by atoms with Gasteiger partial charge < -0.3 is 5.32 Å². The van der Waals surface area contributed by atoms with E-state index in [0.29, 0.717) is 0 Å². The predicted octanol–water partition coefficient (Wildman–Crippen LogP) is 0.882. The molecule has 0 radical (unpaired) electrons. The highest BCUT2D eigenvalue weighted by atomic mass is 15.5. The minimum atomic E-state index is 0.801.